The Kier molecular flexibility index (Phi) is 5.56. The molecule has 1 aliphatic rings. The summed E-state index contributed by atoms with van der Waals surface area (Å²) in [6, 6.07) is 7.91. The molecule has 1 fully saturated rings. The van der Waals surface area contributed by atoms with Crippen molar-refractivity contribution in [3.63, 3.8) is 0 Å². The highest BCUT2D eigenvalue weighted by Gasteiger charge is 2.30. The first kappa shape index (κ1) is 21.4. The smallest absolute Gasteiger partial charge is 0.280 e. The second-order valence-electron chi connectivity index (χ2n) is 6.73. The number of benzene rings is 2. The molecule has 0 saturated carbocycles. The number of nitrogens with one attached hydrogen (secondary N) is 1. The van der Waals surface area contributed by atoms with E-state index in [2.05, 4.69) is 4.72 Å². The SMILES string of the molecule is Cc1ccc(N2CCCCS2(=O)=O)cc1S(=O)(=O)Nc1ccc(C(F)(F)F)cc1. The number of aryl methyl sites for hydroxylation is 1. The Balaban J connectivity index is 1.92. The van der Waals surface area contributed by atoms with Gasteiger partial charge in [0.15, 0.2) is 0 Å². The Hall–Kier alpha value is -2.27. The lowest BCUT2D eigenvalue weighted by molar-refractivity contribution is -0.137. The average Bonchev–Trinajstić information content (AvgIpc) is 2.61. The molecule has 0 unspecified atom stereocenters. The van der Waals surface area contributed by atoms with Gasteiger partial charge >= 0.3 is 6.18 Å². The number of alkyl halides is 3. The van der Waals surface area contributed by atoms with Crippen molar-refractivity contribution in [2.24, 2.45) is 0 Å². The molecule has 2 aromatic carbocycles. The van der Waals surface area contributed by atoms with Gasteiger partial charge in [0.25, 0.3) is 10.0 Å². The summed E-state index contributed by atoms with van der Waals surface area (Å²) >= 11 is 0. The van der Waals surface area contributed by atoms with Crippen LogP contribution < -0.4 is 9.03 Å². The molecular formula is C18H19F3N2O4S2. The van der Waals surface area contributed by atoms with Crippen LogP contribution in [0, 0.1) is 6.92 Å². The monoisotopic (exact) mass is 448 g/mol. The standard InChI is InChI=1S/C18H19F3N2O4S2/c1-13-4-9-16(23-10-2-3-11-28(23,24)25)12-17(13)29(26,27)22-15-7-5-14(6-8-15)18(19,20)21/h4-9,12,22H,2-3,10-11H2,1H3. The van der Waals surface area contributed by atoms with Crippen LogP contribution in [0.3, 0.4) is 0 Å². The maximum absolute atomic E-state index is 12.8. The number of nitrogens with zero attached hydrogens (tertiary/aromatic N) is 1. The fourth-order valence-corrected chi connectivity index (χ4v) is 6.01. The minimum atomic E-state index is -4.53. The zero-order chi connectivity index (χ0) is 21.4. The fourth-order valence-electron chi connectivity index (χ4n) is 3.05. The Bertz CT molecular complexity index is 1110. The van der Waals surface area contributed by atoms with E-state index in [0.717, 1.165) is 24.3 Å². The van der Waals surface area contributed by atoms with Crippen molar-refractivity contribution in [3.05, 3.63) is 53.6 Å². The molecule has 0 spiro atoms. The third-order valence-electron chi connectivity index (χ3n) is 4.56. The second-order valence-corrected chi connectivity index (χ2v) is 10.4. The van der Waals surface area contributed by atoms with E-state index in [9.17, 15) is 30.0 Å². The molecule has 3 rings (SSSR count). The summed E-state index contributed by atoms with van der Waals surface area (Å²) in [5.74, 6) is -0.00718. The number of anilines is 2. The summed E-state index contributed by atoms with van der Waals surface area (Å²) < 4.78 is 91.6. The van der Waals surface area contributed by atoms with Gasteiger partial charge in [-0.3, -0.25) is 9.03 Å². The van der Waals surface area contributed by atoms with Gasteiger partial charge in [-0.1, -0.05) is 6.07 Å². The van der Waals surface area contributed by atoms with Crippen molar-refractivity contribution >= 4 is 31.4 Å². The molecule has 11 heteroatoms. The molecular weight excluding hydrogens is 429 g/mol. The van der Waals surface area contributed by atoms with E-state index >= 15 is 0 Å². The molecule has 158 valence electrons. The Morgan fingerprint density at radius 3 is 2.28 bits per heavy atom. The van der Waals surface area contributed by atoms with Crippen molar-refractivity contribution in [1.82, 2.24) is 0 Å². The van der Waals surface area contributed by atoms with Crippen molar-refractivity contribution < 1.29 is 30.0 Å². The maximum Gasteiger partial charge on any atom is 0.416 e. The number of rotatable bonds is 4. The summed E-state index contributed by atoms with van der Waals surface area (Å²) in [5, 5.41) is 0. The molecule has 1 aliphatic heterocycles. The van der Waals surface area contributed by atoms with Gasteiger partial charge in [0, 0.05) is 12.2 Å². The van der Waals surface area contributed by atoms with Crippen LogP contribution in [0.5, 0.6) is 0 Å². The first-order valence-corrected chi connectivity index (χ1v) is 11.8. The van der Waals surface area contributed by atoms with Crippen LogP contribution in [0.4, 0.5) is 24.5 Å². The van der Waals surface area contributed by atoms with Gasteiger partial charge in [-0.25, -0.2) is 16.8 Å². The normalized spacial score (nSPS) is 17.2. The quantitative estimate of drug-likeness (QED) is 0.772. The van der Waals surface area contributed by atoms with Gasteiger partial charge in [0.2, 0.25) is 10.0 Å². The minimum absolute atomic E-state index is 0.00718. The summed E-state index contributed by atoms with van der Waals surface area (Å²) in [4.78, 5) is -0.143. The first-order chi connectivity index (χ1) is 13.4. The largest absolute Gasteiger partial charge is 0.416 e. The third-order valence-corrected chi connectivity index (χ3v) is 7.96. The molecule has 0 radical (unpaired) electrons. The van der Waals surface area contributed by atoms with Gasteiger partial charge in [-0.15, -0.1) is 0 Å². The first-order valence-electron chi connectivity index (χ1n) is 8.71. The van der Waals surface area contributed by atoms with Gasteiger partial charge in [0.05, 0.1) is 21.9 Å². The van der Waals surface area contributed by atoms with Crippen molar-refractivity contribution in [1.29, 1.82) is 0 Å². The number of sulfonamides is 2. The highest BCUT2D eigenvalue weighted by atomic mass is 32.2. The lowest BCUT2D eigenvalue weighted by atomic mass is 10.2. The lowest BCUT2D eigenvalue weighted by Gasteiger charge is -2.28. The minimum Gasteiger partial charge on any atom is -0.280 e. The molecule has 0 atom stereocenters. The summed E-state index contributed by atoms with van der Waals surface area (Å²) in [7, 11) is -7.66. The molecule has 1 heterocycles. The molecule has 1 saturated heterocycles. The molecule has 1 N–H and O–H groups in total. The van der Waals surface area contributed by atoms with E-state index in [4.69, 9.17) is 0 Å². The van der Waals surface area contributed by atoms with E-state index in [1.807, 2.05) is 0 Å². The Morgan fingerprint density at radius 2 is 1.69 bits per heavy atom. The van der Waals surface area contributed by atoms with Gasteiger partial charge in [-0.2, -0.15) is 13.2 Å². The van der Waals surface area contributed by atoms with Crippen LogP contribution in [0.1, 0.15) is 24.0 Å². The van der Waals surface area contributed by atoms with Crippen LogP contribution >= 0.6 is 0 Å². The van der Waals surface area contributed by atoms with Gasteiger partial charge in [-0.05, 0) is 61.7 Å². The molecule has 6 nitrogen and oxygen atoms in total. The summed E-state index contributed by atoms with van der Waals surface area (Å²) in [6.45, 7) is 1.81. The fraction of sp³-hybridized carbons (Fsp3) is 0.333. The zero-order valence-corrected chi connectivity index (χ0v) is 17.0. The van der Waals surface area contributed by atoms with E-state index in [0.29, 0.717) is 18.4 Å². The Labute approximate surface area is 167 Å². The van der Waals surface area contributed by atoms with Crippen LogP contribution in [-0.2, 0) is 26.2 Å². The van der Waals surface area contributed by atoms with Crippen LogP contribution in [0.25, 0.3) is 0 Å². The number of hydrogen-bond acceptors (Lipinski definition) is 4. The molecule has 0 aliphatic carbocycles. The molecule has 2 aromatic rings. The Morgan fingerprint density at radius 1 is 1.03 bits per heavy atom. The van der Waals surface area contributed by atoms with Crippen LogP contribution in [0.2, 0.25) is 0 Å². The predicted molar refractivity (Wildman–Crippen MR) is 104 cm³/mol. The molecule has 0 aromatic heterocycles. The highest BCUT2D eigenvalue weighted by Crippen LogP contribution is 2.31. The van der Waals surface area contributed by atoms with E-state index in [1.165, 1.54) is 22.5 Å². The number of hydrogen-bond donors (Lipinski definition) is 1. The van der Waals surface area contributed by atoms with E-state index in [-0.39, 0.29) is 28.6 Å². The van der Waals surface area contributed by atoms with E-state index < -0.39 is 31.8 Å². The van der Waals surface area contributed by atoms with Crippen molar-refractivity contribution in [2.45, 2.75) is 30.8 Å². The second kappa shape index (κ2) is 7.52. The topological polar surface area (TPSA) is 83.6 Å². The average molecular weight is 448 g/mol. The molecule has 0 bridgehead atoms. The van der Waals surface area contributed by atoms with E-state index in [1.54, 1.807) is 6.92 Å². The molecule has 29 heavy (non-hydrogen) atoms. The lowest BCUT2D eigenvalue weighted by Crippen LogP contribution is -2.38. The highest BCUT2D eigenvalue weighted by molar-refractivity contribution is 7.93. The maximum atomic E-state index is 12.8. The van der Waals surface area contributed by atoms with Crippen LogP contribution in [0.15, 0.2) is 47.4 Å². The predicted octanol–water partition coefficient (Wildman–Crippen LogP) is 3.74. The summed E-state index contributed by atoms with van der Waals surface area (Å²) in [6.07, 6.45) is -3.31. The number of halogens is 3. The zero-order valence-electron chi connectivity index (χ0n) is 15.4. The van der Waals surface area contributed by atoms with Crippen molar-refractivity contribution in [2.75, 3.05) is 21.3 Å². The third kappa shape index (κ3) is 4.67. The van der Waals surface area contributed by atoms with Gasteiger partial charge in [0.1, 0.15) is 0 Å². The van der Waals surface area contributed by atoms with Crippen molar-refractivity contribution in [3.8, 4) is 0 Å². The summed E-state index contributed by atoms with van der Waals surface area (Å²) in [5.41, 5.74) is -0.312. The van der Waals surface area contributed by atoms with Crippen LogP contribution in [-0.4, -0.2) is 29.1 Å². The molecule has 0 amide bonds. The van der Waals surface area contributed by atoms with Gasteiger partial charge < -0.3 is 0 Å².